The number of carbonyl (C=O) groups is 1. The Morgan fingerprint density at radius 1 is 1.08 bits per heavy atom. The smallest absolute Gasteiger partial charge is 0.263 e. The van der Waals surface area contributed by atoms with Crippen LogP contribution in [0.15, 0.2) is 40.3 Å². The normalized spacial score (nSPS) is 21.3. The standard InChI is InChI=1S/C26H32FN5O4S2/c1-17-12-18(2)14-32(13-17)38(35,36)24-19(3)37-25-23(24)26(34)31(16-28-25)15-22(33)30-10-8-29(9-11-30)21-6-4-20(27)5-7-21/h4-7,16-18H,8-15H2,1-3H3/t17-,18+. The number of hydrogen-bond donors (Lipinski definition) is 0. The lowest BCUT2D eigenvalue weighted by molar-refractivity contribution is -0.132. The van der Waals surface area contributed by atoms with Gasteiger partial charge in [-0.05, 0) is 49.4 Å². The van der Waals surface area contributed by atoms with Gasteiger partial charge in [-0.3, -0.25) is 14.2 Å². The number of anilines is 1. The van der Waals surface area contributed by atoms with Crippen molar-refractivity contribution in [3.63, 3.8) is 0 Å². The summed E-state index contributed by atoms with van der Waals surface area (Å²) in [6.45, 7) is 8.49. The summed E-state index contributed by atoms with van der Waals surface area (Å²) in [7, 11) is -3.90. The maximum absolute atomic E-state index is 13.7. The zero-order valence-electron chi connectivity index (χ0n) is 21.8. The van der Waals surface area contributed by atoms with Gasteiger partial charge in [0, 0.05) is 49.8 Å². The van der Waals surface area contributed by atoms with Gasteiger partial charge in [-0.15, -0.1) is 11.3 Å². The third kappa shape index (κ3) is 5.08. The highest BCUT2D eigenvalue weighted by Gasteiger charge is 2.36. The molecule has 0 N–H and O–H groups in total. The molecule has 2 aliphatic rings. The van der Waals surface area contributed by atoms with E-state index in [0.717, 1.165) is 12.1 Å². The second-order valence-corrected chi connectivity index (χ2v) is 13.5. The van der Waals surface area contributed by atoms with E-state index in [1.807, 2.05) is 13.8 Å². The number of amides is 1. The molecule has 9 nitrogen and oxygen atoms in total. The monoisotopic (exact) mass is 561 g/mol. The van der Waals surface area contributed by atoms with E-state index in [4.69, 9.17) is 0 Å². The van der Waals surface area contributed by atoms with Crippen LogP contribution in [0.5, 0.6) is 0 Å². The van der Waals surface area contributed by atoms with Crippen LogP contribution in [-0.4, -0.2) is 72.3 Å². The summed E-state index contributed by atoms with van der Waals surface area (Å²) in [5.74, 6) is -0.0678. The molecule has 4 heterocycles. The summed E-state index contributed by atoms with van der Waals surface area (Å²) < 4.78 is 43.4. The maximum atomic E-state index is 13.7. The Morgan fingerprint density at radius 2 is 1.71 bits per heavy atom. The number of fused-ring (bicyclic) bond motifs is 1. The van der Waals surface area contributed by atoms with Crippen molar-refractivity contribution in [2.75, 3.05) is 44.2 Å². The maximum Gasteiger partial charge on any atom is 0.263 e. The van der Waals surface area contributed by atoms with Crippen molar-refractivity contribution in [2.45, 2.75) is 38.6 Å². The van der Waals surface area contributed by atoms with E-state index in [1.165, 1.54) is 38.7 Å². The first kappa shape index (κ1) is 26.8. The minimum absolute atomic E-state index is 0.0195. The lowest BCUT2D eigenvalue weighted by Gasteiger charge is -2.36. The Balaban J connectivity index is 1.36. The number of benzene rings is 1. The van der Waals surface area contributed by atoms with Gasteiger partial charge < -0.3 is 9.80 Å². The van der Waals surface area contributed by atoms with Crippen molar-refractivity contribution in [3.8, 4) is 0 Å². The number of carbonyl (C=O) groups excluding carboxylic acids is 1. The molecule has 0 unspecified atom stereocenters. The number of aromatic nitrogens is 2. The Morgan fingerprint density at radius 3 is 2.34 bits per heavy atom. The van der Waals surface area contributed by atoms with E-state index in [-0.39, 0.29) is 40.4 Å². The van der Waals surface area contributed by atoms with E-state index in [1.54, 1.807) is 24.0 Å². The largest absolute Gasteiger partial charge is 0.368 e. The lowest BCUT2D eigenvalue weighted by atomic mass is 9.94. The van der Waals surface area contributed by atoms with E-state index < -0.39 is 15.6 Å². The quantitative estimate of drug-likeness (QED) is 0.476. The lowest BCUT2D eigenvalue weighted by Crippen LogP contribution is -2.50. The van der Waals surface area contributed by atoms with E-state index in [2.05, 4.69) is 9.88 Å². The van der Waals surface area contributed by atoms with E-state index in [0.29, 0.717) is 49.0 Å². The molecule has 38 heavy (non-hydrogen) atoms. The van der Waals surface area contributed by atoms with Crippen molar-refractivity contribution in [2.24, 2.45) is 11.8 Å². The summed E-state index contributed by atoms with van der Waals surface area (Å²) in [5, 5.41) is 0.0646. The zero-order chi connectivity index (χ0) is 27.2. The Labute approximate surface area is 225 Å². The molecule has 0 radical (unpaired) electrons. The first-order valence-corrected chi connectivity index (χ1v) is 15.1. The zero-order valence-corrected chi connectivity index (χ0v) is 23.4. The highest BCUT2D eigenvalue weighted by atomic mass is 32.2. The Kier molecular flexibility index (Phi) is 7.31. The van der Waals surface area contributed by atoms with Gasteiger partial charge >= 0.3 is 0 Å². The molecule has 3 aromatic rings. The molecule has 0 spiro atoms. The number of piperazine rings is 1. The molecule has 12 heteroatoms. The summed E-state index contributed by atoms with van der Waals surface area (Å²) in [4.78, 5) is 35.7. The van der Waals surface area contributed by atoms with Gasteiger partial charge in [0.1, 0.15) is 22.1 Å². The predicted octanol–water partition coefficient (Wildman–Crippen LogP) is 2.92. The first-order chi connectivity index (χ1) is 18.0. The molecule has 2 saturated heterocycles. The van der Waals surface area contributed by atoms with Crippen LogP contribution in [0.25, 0.3) is 10.2 Å². The van der Waals surface area contributed by atoms with Gasteiger partial charge in [0.15, 0.2) is 0 Å². The fraction of sp³-hybridized carbons (Fsp3) is 0.500. The minimum atomic E-state index is -3.90. The topological polar surface area (TPSA) is 95.8 Å². The average Bonchev–Trinajstić information content (AvgIpc) is 3.23. The van der Waals surface area contributed by atoms with Crippen LogP contribution in [0.1, 0.15) is 25.1 Å². The molecule has 0 saturated carbocycles. The summed E-state index contributed by atoms with van der Waals surface area (Å²) in [6.07, 6.45) is 2.29. The average molecular weight is 562 g/mol. The van der Waals surface area contributed by atoms with Crippen LogP contribution in [0.2, 0.25) is 0 Å². The SMILES string of the molecule is Cc1sc2ncn(CC(=O)N3CCN(c4ccc(F)cc4)CC3)c(=O)c2c1S(=O)(=O)N1C[C@H](C)C[C@H](C)C1. The van der Waals surface area contributed by atoms with Gasteiger partial charge in [-0.2, -0.15) is 4.31 Å². The molecule has 1 aromatic carbocycles. The number of hydrogen-bond acceptors (Lipinski definition) is 7. The predicted molar refractivity (Wildman–Crippen MR) is 146 cm³/mol. The molecule has 0 aliphatic carbocycles. The molecule has 2 aliphatic heterocycles. The second-order valence-electron chi connectivity index (χ2n) is 10.5. The second kappa shape index (κ2) is 10.4. The molecule has 204 valence electrons. The molecule has 2 aromatic heterocycles. The minimum Gasteiger partial charge on any atom is -0.368 e. The molecule has 5 rings (SSSR count). The number of aryl methyl sites for hydroxylation is 1. The van der Waals surface area contributed by atoms with Crippen molar-refractivity contribution >= 4 is 43.2 Å². The molecule has 1 amide bonds. The highest BCUT2D eigenvalue weighted by Crippen LogP contribution is 2.35. The van der Waals surface area contributed by atoms with Crippen LogP contribution in [0, 0.1) is 24.6 Å². The van der Waals surface area contributed by atoms with Gasteiger partial charge in [-0.1, -0.05) is 13.8 Å². The fourth-order valence-electron chi connectivity index (χ4n) is 5.58. The molecule has 2 fully saturated rings. The Hall–Kier alpha value is -2.83. The number of halogens is 1. The fourth-order valence-corrected chi connectivity index (χ4v) is 8.93. The van der Waals surface area contributed by atoms with Crippen molar-refractivity contribution in [1.29, 1.82) is 0 Å². The van der Waals surface area contributed by atoms with Crippen LogP contribution >= 0.6 is 11.3 Å². The highest BCUT2D eigenvalue weighted by molar-refractivity contribution is 7.89. The van der Waals surface area contributed by atoms with E-state index >= 15 is 0 Å². The van der Waals surface area contributed by atoms with Crippen LogP contribution in [-0.2, 0) is 21.4 Å². The molecular formula is C26H32FN5O4S2. The molecular weight excluding hydrogens is 529 g/mol. The van der Waals surface area contributed by atoms with Crippen molar-refractivity contribution in [3.05, 3.63) is 51.6 Å². The number of thiophene rings is 1. The number of piperidine rings is 1. The van der Waals surface area contributed by atoms with Gasteiger partial charge in [0.2, 0.25) is 15.9 Å². The number of sulfonamides is 1. The van der Waals surface area contributed by atoms with Gasteiger partial charge in [-0.25, -0.2) is 17.8 Å². The number of rotatable bonds is 5. The Bertz CT molecular complexity index is 1500. The molecule has 0 bridgehead atoms. The van der Waals surface area contributed by atoms with Crippen molar-refractivity contribution < 1.29 is 17.6 Å². The first-order valence-electron chi connectivity index (χ1n) is 12.8. The number of nitrogens with zero attached hydrogens (tertiary/aromatic N) is 5. The van der Waals surface area contributed by atoms with Gasteiger partial charge in [0.25, 0.3) is 5.56 Å². The summed E-state index contributed by atoms with van der Waals surface area (Å²) in [5.41, 5.74) is 0.373. The van der Waals surface area contributed by atoms with Crippen LogP contribution in [0.4, 0.5) is 10.1 Å². The van der Waals surface area contributed by atoms with Crippen molar-refractivity contribution in [1.82, 2.24) is 18.8 Å². The molecule has 2 atom stereocenters. The summed E-state index contributed by atoms with van der Waals surface area (Å²) in [6, 6.07) is 6.25. The van der Waals surface area contributed by atoms with Crippen LogP contribution in [0.3, 0.4) is 0 Å². The van der Waals surface area contributed by atoms with E-state index in [9.17, 15) is 22.4 Å². The van der Waals surface area contributed by atoms with Crippen LogP contribution < -0.4 is 10.5 Å². The third-order valence-electron chi connectivity index (χ3n) is 7.36. The third-order valence-corrected chi connectivity index (χ3v) is 10.5. The summed E-state index contributed by atoms with van der Waals surface area (Å²) >= 11 is 1.19. The van der Waals surface area contributed by atoms with Gasteiger partial charge in [0.05, 0.1) is 11.7 Å².